The summed E-state index contributed by atoms with van der Waals surface area (Å²) in [4.78, 5) is 0. The molecule has 0 aromatic rings. The van der Waals surface area contributed by atoms with Crippen molar-refractivity contribution >= 4 is 0 Å². The molecule has 16 heavy (non-hydrogen) atoms. The number of nitrogens with zero attached hydrogens (tertiary/aromatic N) is 1. The first-order chi connectivity index (χ1) is 7.43. The SMILES string of the molecule is CC(OCCC(C#N)NC1CC1)C(F)(F)F. The highest BCUT2D eigenvalue weighted by Gasteiger charge is 2.36. The average molecular weight is 236 g/mol. The van der Waals surface area contributed by atoms with Crippen LogP contribution in [0.3, 0.4) is 0 Å². The highest BCUT2D eigenvalue weighted by molar-refractivity contribution is 4.95. The van der Waals surface area contributed by atoms with Crippen LogP contribution in [-0.2, 0) is 4.74 Å². The molecule has 0 saturated heterocycles. The number of hydrogen-bond acceptors (Lipinski definition) is 3. The third-order valence-corrected chi connectivity index (χ3v) is 2.41. The van der Waals surface area contributed by atoms with Crippen molar-refractivity contribution in [2.45, 2.75) is 50.6 Å². The van der Waals surface area contributed by atoms with E-state index in [9.17, 15) is 13.2 Å². The topological polar surface area (TPSA) is 45.0 Å². The lowest BCUT2D eigenvalue weighted by molar-refractivity contribution is -0.214. The second kappa shape index (κ2) is 5.51. The molecule has 0 aromatic heterocycles. The summed E-state index contributed by atoms with van der Waals surface area (Å²) in [7, 11) is 0. The third kappa shape index (κ3) is 4.81. The van der Waals surface area contributed by atoms with E-state index in [0.717, 1.165) is 19.8 Å². The Morgan fingerprint density at radius 1 is 1.50 bits per heavy atom. The first kappa shape index (κ1) is 13.3. The first-order valence-electron chi connectivity index (χ1n) is 5.27. The minimum Gasteiger partial charge on any atom is -0.369 e. The summed E-state index contributed by atoms with van der Waals surface area (Å²) in [6, 6.07) is 1.97. The van der Waals surface area contributed by atoms with Crippen molar-refractivity contribution in [1.82, 2.24) is 5.32 Å². The van der Waals surface area contributed by atoms with Gasteiger partial charge < -0.3 is 4.74 Å². The summed E-state index contributed by atoms with van der Waals surface area (Å²) in [5.41, 5.74) is 0. The van der Waals surface area contributed by atoms with Crippen LogP contribution in [0, 0.1) is 11.3 Å². The number of hydrogen-bond donors (Lipinski definition) is 1. The molecule has 1 N–H and O–H groups in total. The van der Waals surface area contributed by atoms with Gasteiger partial charge in [0.15, 0.2) is 6.10 Å². The van der Waals surface area contributed by atoms with Gasteiger partial charge in [0.1, 0.15) is 0 Å². The molecule has 1 rings (SSSR count). The smallest absolute Gasteiger partial charge is 0.369 e. The Balaban J connectivity index is 2.15. The molecule has 1 saturated carbocycles. The van der Waals surface area contributed by atoms with E-state index in [4.69, 9.17) is 5.26 Å². The van der Waals surface area contributed by atoms with Crippen molar-refractivity contribution in [3.05, 3.63) is 0 Å². The summed E-state index contributed by atoms with van der Waals surface area (Å²) in [5.74, 6) is 0. The zero-order valence-electron chi connectivity index (χ0n) is 9.05. The van der Waals surface area contributed by atoms with Gasteiger partial charge in [0.2, 0.25) is 0 Å². The maximum absolute atomic E-state index is 12.1. The Hall–Kier alpha value is -0.800. The summed E-state index contributed by atoms with van der Waals surface area (Å²) in [5, 5.41) is 11.8. The first-order valence-corrected chi connectivity index (χ1v) is 5.27. The quantitative estimate of drug-likeness (QED) is 0.767. The van der Waals surface area contributed by atoms with Gasteiger partial charge in [-0.1, -0.05) is 0 Å². The molecule has 0 radical (unpaired) electrons. The summed E-state index contributed by atoms with van der Waals surface area (Å²) < 4.78 is 40.8. The van der Waals surface area contributed by atoms with Crippen LogP contribution < -0.4 is 5.32 Å². The predicted octanol–water partition coefficient (Wildman–Crippen LogP) is 1.99. The van der Waals surface area contributed by atoms with Crippen LogP contribution in [-0.4, -0.2) is 31.0 Å². The minimum atomic E-state index is -4.33. The van der Waals surface area contributed by atoms with Crippen LogP contribution in [0.4, 0.5) is 13.2 Å². The Labute approximate surface area is 92.6 Å². The molecule has 1 aliphatic carbocycles. The van der Waals surface area contributed by atoms with Gasteiger partial charge in [-0.15, -0.1) is 0 Å². The zero-order valence-corrected chi connectivity index (χ0v) is 9.05. The lowest BCUT2D eigenvalue weighted by atomic mass is 10.2. The molecular weight excluding hydrogens is 221 g/mol. The minimum absolute atomic E-state index is 0.0569. The van der Waals surface area contributed by atoms with Gasteiger partial charge in [-0.25, -0.2) is 0 Å². The van der Waals surface area contributed by atoms with Crippen LogP contribution >= 0.6 is 0 Å². The van der Waals surface area contributed by atoms with E-state index in [-0.39, 0.29) is 13.0 Å². The van der Waals surface area contributed by atoms with E-state index in [2.05, 4.69) is 10.1 Å². The van der Waals surface area contributed by atoms with Crippen molar-refractivity contribution in [1.29, 1.82) is 5.26 Å². The number of nitriles is 1. The van der Waals surface area contributed by atoms with Crippen LogP contribution in [0.15, 0.2) is 0 Å². The van der Waals surface area contributed by atoms with Crippen molar-refractivity contribution in [2.75, 3.05) is 6.61 Å². The van der Waals surface area contributed by atoms with Crippen molar-refractivity contribution in [2.24, 2.45) is 0 Å². The summed E-state index contributed by atoms with van der Waals surface area (Å²) in [6.07, 6.45) is -3.73. The van der Waals surface area contributed by atoms with Crippen LogP contribution in [0.1, 0.15) is 26.2 Å². The molecule has 6 heteroatoms. The highest BCUT2D eigenvalue weighted by Crippen LogP contribution is 2.23. The third-order valence-electron chi connectivity index (χ3n) is 2.41. The van der Waals surface area contributed by atoms with Gasteiger partial charge in [0.25, 0.3) is 0 Å². The molecule has 0 amide bonds. The number of halogens is 3. The molecule has 0 bridgehead atoms. The van der Waals surface area contributed by atoms with E-state index in [1.807, 2.05) is 6.07 Å². The van der Waals surface area contributed by atoms with Crippen LogP contribution in [0.2, 0.25) is 0 Å². The van der Waals surface area contributed by atoms with Gasteiger partial charge in [-0.2, -0.15) is 18.4 Å². The second-order valence-corrected chi connectivity index (χ2v) is 3.97. The van der Waals surface area contributed by atoms with Crippen molar-refractivity contribution in [3.63, 3.8) is 0 Å². The fourth-order valence-corrected chi connectivity index (χ4v) is 1.18. The molecule has 2 atom stereocenters. The van der Waals surface area contributed by atoms with Gasteiger partial charge in [0, 0.05) is 12.6 Å². The Bertz CT molecular complexity index is 258. The van der Waals surface area contributed by atoms with Crippen LogP contribution in [0.5, 0.6) is 0 Å². The highest BCUT2D eigenvalue weighted by atomic mass is 19.4. The number of ether oxygens (including phenoxy) is 1. The number of alkyl halides is 3. The summed E-state index contributed by atoms with van der Waals surface area (Å²) >= 11 is 0. The van der Waals surface area contributed by atoms with Crippen molar-refractivity contribution < 1.29 is 17.9 Å². The predicted molar refractivity (Wildman–Crippen MR) is 51.6 cm³/mol. The molecular formula is C10H15F3N2O. The molecule has 92 valence electrons. The molecule has 0 aromatic carbocycles. The van der Waals surface area contributed by atoms with E-state index in [1.165, 1.54) is 0 Å². The lowest BCUT2D eigenvalue weighted by Gasteiger charge is -2.17. The van der Waals surface area contributed by atoms with E-state index in [1.54, 1.807) is 0 Å². The molecule has 0 heterocycles. The Morgan fingerprint density at radius 3 is 2.56 bits per heavy atom. The molecule has 2 unspecified atom stereocenters. The van der Waals surface area contributed by atoms with Crippen molar-refractivity contribution in [3.8, 4) is 6.07 Å². The van der Waals surface area contributed by atoms with E-state index in [0.29, 0.717) is 6.04 Å². The number of nitrogens with one attached hydrogen (secondary N) is 1. The lowest BCUT2D eigenvalue weighted by Crippen LogP contribution is -2.33. The monoisotopic (exact) mass is 236 g/mol. The zero-order chi connectivity index (χ0) is 12.2. The van der Waals surface area contributed by atoms with Gasteiger partial charge >= 0.3 is 6.18 Å². The van der Waals surface area contributed by atoms with Gasteiger partial charge in [-0.05, 0) is 26.2 Å². The maximum atomic E-state index is 12.1. The average Bonchev–Trinajstić information content (AvgIpc) is 2.98. The Kier molecular flexibility index (Phi) is 4.56. The van der Waals surface area contributed by atoms with E-state index >= 15 is 0 Å². The number of rotatable bonds is 6. The van der Waals surface area contributed by atoms with E-state index < -0.39 is 18.3 Å². The largest absolute Gasteiger partial charge is 0.414 e. The fraction of sp³-hybridized carbons (Fsp3) is 0.900. The molecule has 3 nitrogen and oxygen atoms in total. The van der Waals surface area contributed by atoms with Gasteiger partial charge in [-0.3, -0.25) is 5.32 Å². The molecule has 1 fully saturated rings. The van der Waals surface area contributed by atoms with Gasteiger partial charge in [0.05, 0.1) is 12.1 Å². The molecule has 0 aliphatic heterocycles. The molecule has 1 aliphatic rings. The molecule has 0 spiro atoms. The van der Waals surface area contributed by atoms with Crippen LogP contribution in [0.25, 0.3) is 0 Å². The normalized spacial score (nSPS) is 20.2. The Morgan fingerprint density at radius 2 is 2.12 bits per heavy atom. The maximum Gasteiger partial charge on any atom is 0.414 e. The second-order valence-electron chi connectivity index (χ2n) is 3.97. The standard InChI is InChI=1S/C10H15F3N2O/c1-7(10(11,12)13)16-5-4-9(6-14)15-8-2-3-8/h7-9,15H,2-5H2,1H3. The fourth-order valence-electron chi connectivity index (χ4n) is 1.18. The summed E-state index contributed by atoms with van der Waals surface area (Å²) in [6.45, 7) is 0.911.